The van der Waals surface area contributed by atoms with Gasteiger partial charge in [0, 0.05) is 0 Å². The van der Waals surface area contributed by atoms with E-state index in [2.05, 4.69) is 21.0 Å². The summed E-state index contributed by atoms with van der Waals surface area (Å²) in [5, 5.41) is 0. The third kappa shape index (κ3) is 11.3. The molecule has 0 atom stereocenters. The molecule has 0 aliphatic heterocycles. The SMILES string of the molecule is OP(O)(=S)C[PH-].[Li+]. The van der Waals surface area contributed by atoms with E-state index in [-0.39, 0.29) is 24.8 Å². The van der Waals surface area contributed by atoms with Crippen LogP contribution in [0.15, 0.2) is 0 Å². The van der Waals surface area contributed by atoms with Crippen molar-refractivity contribution >= 4 is 27.5 Å². The Morgan fingerprint density at radius 3 is 1.71 bits per heavy atom. The smallest absolute Gasteiger partial charge is 0.548 e. The van der Waals surface area contributed by atoms with Gasteiger partial charge in [0.15, 0.2) is 6.49 Å². The van der Waals surface area contributed by atoms with E-state index in [1.165, 1.54) is 0 Å². The van der Waals surface area contributed by atoms with Crippen LogP contribution in [0.3, 0.4) is 0 Å². The van der Waals surface area contributed by atoms with Crippen LogP contribution in [0.4, 0.5) is 0 Å². The molecule has 6 heteroatoms. The van der Waals surface area contributed by atoms with Gasteiger partial charge in [-0.25, -0.2) is 0 Å². The van der Waals surface area contributed by atoms with Gasteiger partial charge in [0.25, 0.3) is 0 Å². The molecule has 0 unspecified atom stereocenters. The number of hydrogen-bond donors (Lipinski definition) is 2. The molecular formula is CH5LiO2P2S. The summed E-state index contributed by atoms with van der Waals surface area (Å²) < 4.78 is 0. The van der Waals surface area contributed by atoms with Gasteiger partial charge in [-0.3, -0.25) is 0 Å². The molecule has 0 saturated heterocycles. The molecule has 0 radical (unpaired) electrons. The van der Waals surface area contributed by atoms with Crippen molar-refractivity contribution in [1.82, 2.24) is 0 Å². The summed E-state index contributed by atoms with van der Waals surface area (Å²) >= 11 is 4.16. The van der Waals surface area contributed by atoms with E-state index in [0.717, 1.165) is 0 Å². The van der Waals surface area contributed by atoms with Crippen LogP contribution >= 0.6 is 15.7 Å². The third-order valence-electron chi connectivity index (χ3n) is 0.206. The fourth-order valence-electron chi connectivity index (χ4n) is 0. The van der Waals surface area contributed by atoms with Crippen molar-refractivity contribution in [1.29, 1.82) is 0 Å². The van der Waals surface area contributed by atoms with Crippen LogP contribution in [-0.4, -0.2) is 15.7 Å². The van der Waals surface area contributed by atoms with Crippen molar-refractivity contribution in [3.8, 4) is 0 Å². The van der Waals surface area contributed by atoms with Gasteiger partial charge in [-0.15, -0.1) is 5.90 Å². The van der Waals surface area contributed by atoms with E-state index in [9.17, 15) is 0 Å². The maximum atomic E-state index is 8.26. The summed E-state index contributed by atoms with van der Waals surface area (Å²) in [6.45, 7) is -2.90. The minimum absolute atomic E-state index is 0. The Kier molecular flexibility index (Phi) is 7.29. The monoisotopic (exact) mass is 150 g/mol. The second-order valence-electron chi connectivity index (χ2n) is 0.823. The summed E-state index contributed by atoms with van der Waals surface area (Å²) in [6.07, 6.45) is 0. The van der Waals surface area contributed by atoms with Gasteiger partial charge in [-0.2, -0.15) is 0 Å². The molecule has 0 aliphatic rings. The quantitative estimate of drug-likeness (QED) is 0.317. The van der Waals surface area contributed by atoms with Crippen LogP contribution in [0.2, 0.25) is 0 Å². The maximum Gasteiger partial charge on any atom is 1.00 e. The topological polar surface area (TPSA) is 40.5 Å². The van der Waals surface area contributed by atoms with Crippen LogP contribution in [0, 0.1) is 0 Å². The molecule has 0 spiro atoms. The van der Waals surface area contributed by atoms with E-state index in [1.807, 2.05) is 0 Å². The minimum atomic E-state index is -2.90. The van der Waals surface area contributed by atoms with Crippen LogP contribution < -0.4 is 18.9 Å². The predicted molar refractivity (Wildman–Crippen MR) is 31.9 cm³/mol. The fraction of sp³-hybridized carbons (Fsp3) is 1.00. The summed E-state index contributed by atoms with van der Waals surface area (Å²) in [5.74, 6) is 0.113. The van der Waals surface area contributed by atoms with Crippen molar-refractivity contribution in [3.63, 3.8) is 0 Å². The Morgan fingerprint density at radius 1 is 1.57 bits per heavy atom. The Labute approximate surface area is 62.2 Å². The van der Waals surface area contributed by atoms with Gasteiger partial charge in [-0.05, 0) is 11.8 Å². The standard InChI is InChI=1S/CH5O2P2S.Li/c2-5(3,6)1-4;/h4H,1H2,(H2,2,3,6);/q-1;+1. The molecule has 0 aromatic heterocycles. The second-order valence-corrected chi connectivity index (χ2v) is 5.17. The first-order chi connectivity index (χ1) is 2.56. The molecule has 0 bridgehead atoms. The van der Waals surface area contributed by atoms with Gasteiger partial charge >= 0.3 is 18.9 Å². The molecule has 0 fully saturated rings. The zero-order valence-corrected chi connectivity index (χ0v) is 6.67. The zero-order valence-electron chi connectivity index (χ0n) is 3.96. The molecule has 38 valence electrons. The zero-order chi connectivity index (χ0) is 5.21. The number of rotatable bonds is 1. The maximum absolute atomic E-state index is 8.26. The van der Waals surface area contributed by atoms with Crippen molar-refractivity contribution in [2.24, 2.45) is 0 Å². The van der Waals surface area contributed by atoms with Crippen molar-refractivity contribution in [2.45, 2.75) is 0 Å². The van der Waals surface area contributed by atoms with Gasteiger partial charge in [-0.1, -0.05) is 0 Å². The van der Waals surface area contributed by atoms with E-state index >= 15 is 0 Å². The van der Waals surface area contributed by atoms with Gasteiger partial charge in [0.05, 0.1) is 0 Å². The summed E-state index contributed by atoms with van der Waals surface area (Å²) in [5.41, 5.74) is 0. The summed E-state index contributed by atoms with van der Waals surface area (Å²) in [7, 11) is 2.86. The van der Waals surface area contributed by atoms with Crippen molar-refractivity contribution in [3.05, 3.63) is 0 Å². The number of hydrogen-bond acceptors (Lipinski definition) is 1. The molecule has 2 nitrogen and oxygen atoms in total. The van der Waals surface area contributed by atoms with E-state index < -0.39 is 6.49 Å². The summed E-state index contributed by atoms with van der Waals surface area (Å²) in [4.78, 5) is 16.5. The third-order valence-corrected chi connectivity index (χ3v) is 3.02. The van der Waals surface area contributed by atoms with Crippen LogP contribution in [0.5, 0.6) is 0 Å². The average molecular weight is 150 g/mol. The van der Waals surface area contributed by atoms with E-state index in [0.29, 0.717) is 0 Å². The molecule has 0 aromatic rings. The Morgan fingerprint density at radius 2 is 1.71 bits per heavy atom. The largest absolute Gasteiger partial charge is 1.00 e. The Hall–Kier alpha value is 1.60. The Bertz CT molecular complexity index is 79.8. The first-order valence-electron chi connectivity index (χ1n) is 1.25. The minimum Gasteiger partial charge on any atom is -0.548 e. The molecule has 0 amide bonds. The molecule has 0 rings (SSSR count). The fourth-order valence-corrected chi connectivity index (χ4v) is 0. The van der Waals surface area contributed by atoms with Gasteiger partial charge < -0.3 is 19.0 Å². The molecule has 2 N–H and O–H groups in total. The van der Waals surface area contributed by atoms with E-state index in [4.69, 9.17) is 9.79 Å². The summed E-state index contributed by atoms with van der Waals surface area (Å²) in [6, 6.07) is 0. The Balaban J connectivity index is 0. The molecular weight excluding hydrogens is 145 g/mol. The first-order valence-corrected chi connectivity index (χ1v) is 4.85. The molecule has 0 aromatic carbocycles. The van der Waals surface area contributed by atoms with Crippen LogP contribution in [-0.2, 0) is 11.8 Å². The van der Waals surface area contributed by atoms with Crippen molar-refractivity contribution in [2.75, 3.05) is 5.90 Å². The molecule has 0 heterocycles. The van der Waals surface area contributed by atoms with E-state index in [1.54, 1.807) is 0 Å². The van der Waals surface area contributed by atoms with Crippen LogP contribution in [0.1, 0.15) is 0 Å². The average Bonchev–Trinajstić information content (AvgIpc) is 1.35. The predicted octanol–water partition coefficient (Wildman–Crippen LogP) is -2.62. The van der Waals surface area contributed by atoms with Crippen LogP contribution in [0.25, 0.3) is 0 Å². The first kappa shape index (κ1) is 11.4. The molecule has 0 aliphatic carbocycles. The molecule has 0 saturated carbocycles. The second kappa shape index (κ2) is 4.47. The van der Waals surface area contributed by atoms with Gasteiger partial charge in [0.2, 0.25) is 0 Å². The normalized spacial score (nSPS) is 10.1. The molecule has 7 heavy (non-hydrogen) atoms. The van der Waals surface area contributed by atoms with Gasteiger partial charge in [0.1, 0.15) is 0 Å². The van der Waals surface area contributed by atoms with Crippen molar-refractivity contribution < 1.29 is 28.6 Å².